The van der Waals surface area contributed by atoms with Gasteiger partial charge in [0.1, 0.15) is 6.61 Å². The maximum absolute atomic E-state index is 5.74. The lowest BCUT2D eigenvalue weighted by Crippen LogP contribution is -2.51. The van der Waals surface area contributed by atoms with Crippen LogP contribution in [0.3, 0.4) is 0 Å². The molecule has 0 amide bonds. The number of hydrogen-bond acceptors (Lipinski definition) is 2. The van der Waals surface area contributed by atoms with Gasteiger partial charge in [0.15, 0.2) is 0 Å². The summed E-state index contributed by atoms with van der Waals surface area (Å²) in [5, 5.41) is 0. The second-order valence-corrected chi connectivity index (χ2v) is 3.91. The number of ether oxygens (including phenoxy) is 1. The van der Waals surface area contributed by atoms with Crippen molar-refractivity contribution in [2.45, 2.75) is 25.9 Å². The van der Waals surface area contributed by atoms with Gasteiger partial charge in [-0.2, -0.15) is 0 Å². The molecule has 0 radical (unpaired) electrons. The summed E-state index contributed by atoms with van der Waals surface area (Å²) >= 11 is 0. The van der Waals surface area contributed by atoms with Crippen LogP contribution in [-0.4, -0.2) is 37.2 Å². The van der Waals surface area contributed by atoms with E-state index >= 15 is 0 Å². The summed E-state index contributed by atoms with van der Waals surface area (Å²) in [4.78, 5) is 2.50. The van der Waals surface area contributed by atoms with Crippen molar-refractivity contribution in [1.29, 1.82) is 0 Å². The van der Waals surface area contributed by atoms with Crippen LogP contribution in [0.4, 0.5) is 0 Å². The first-order valence-corrected chi connectivity index (χ1v) is 5.13. The molecular formula is C11H17NO. The molecular weight excluding hydrogens is 162 g/mol. The quantitative estimate of drug-likeness (QED) is 0.589. The van der Waals surface area contributed by atoms with Crippen LogP contribution in [0, 0.1) is 17.8 Å². The third-order valence-electron chi connectivity index (χ3n) is 3.14. The lowest BCUT2D eigenvalue weighted by Gasteiger charge is -2.44. The summed E-state index contributed by atoms with van der Waals surface area (Å²) in [5.74, 6) is 6.64. The Kier molecular flexibility index (Phi) is 2.87. The van der Waals surface area contributed by atoms with Crippen molar-refractivity contribution in [2.24, 2.45) is 5.92 Å². The Hall–Kier alpha value is -0.520. The summed E-state index contributed by atoms with van der Waals surface area (Å²) in [7, 11) is 0. The van der Waals surface area contributed by atoms with E-state index in [1.54, 1.807) is 0 Å². The van der Waals surface area contributed by atoms with Gasteiger partial charge in [-0.05, 0) is 38.8 Å². The molecule has 2 bridgehead atoms. The van der Waals surface area contributed by atoms with E-state index < -0.39 is 0 Å². The van der Waals surface area contributed by atoms with Crippen LogP contribution in [0.5, 0.6) is 0 Å². The van der Waals surface area contributed by atoms with Crippen LogP contribution in [0.15, 0.2) is 0 Å². The number of nitrogens with zero attached hydrogens (tertiary/aromatic N) is 1. The molecule has 3 saturated heterocycles. The Morgan fingerprint density at radius 2 is 2.15 bits per heavy atom. The highest BCUT2D eigenvalue weighted by Crippen LogP contribution is 2.29. The van der Waals surface area contributed by atoms with E-state index in [1.807, 2.05) is 6.92 Å². The lowest BCUT2D eigenvalue weighted by molar-refractivity contribution is -0.0588. The predicted molar refractivity (Wildman–Crippen MR) is 52.4 cm³/mol. The van der Waals surface area contributed by atoms with Crippen molar-refractivity contribution in [2.75, 3.05) is 26.2 Å². The summed E-state index contributed by atoms with van der Waals surface area (Å²) in [6.07, 6.45) is 3.11. The molecule has 0 spiro atoms. The molecule has 0 aliphatic carbocycles. The van der Waals surface area contributed by atoms with Gasteiger partial charge in [-0.1, -0.05) is 5.92 Å². The number of piperidine rings is 3. The van der Waals surface area contributed by atoms with E-state index in [0.29, 0.717) is 12.7 Å². The van der Waals surface area contributed by atoms with Crippen molar-refractivity contribution >= 4 is 0 Å². The highest BCUT2D eigenvalue weighted by Gasteiger charge is 2.34. The fraction of sp³-hybridized carbons (Fsp3) is 0.818. The maximum Gasteiger partial charge on any atom is 0.108 e. The molecule has 72 valence electrons. The van der Waals surface area contributed by atoms with Crippen LogP contribution >= 0.6 is 0 Å². The SMILES string of the molecule is CC#CCOC1CN2CCC1CC2. The molecule has 2 heteroatoms. The minimum absolute atomic E-state index is 0.461. The molecule has 0 aromatic rings. The first kappa shape index (κ1) is 9.05. The molecule has 3 fully saturated rings. The summed E-state index contributed by atoms with van der Waals surface area (Å²) in [5.41, 5.74) is 0. The smallest absolute Gasteiger partial charge is 0.108 e. The fourth-order valence-corrected chi connectivity index (χ4v) is 2.32. The van der Waals surface area contributed by atoms with E-state index in [0.717, 1.165) is 12.5 Å². The van der Waals surface area contributed by atoms with E-state index in [9.17, 15) is 0 Å². The Labute approximate surface area is 80.2 Å². The molecule has 13 heavy (non-hydrogen) atoms. The molecule has 2 nitrogen and oxygen atoms in total. The first-order chi connectivity index (χ1) is 6.40. The van der Waals surface area contributed by atoms with Gasteiger partial charge < -0.3 is 9.64 Å². The highest BCUT2D eigenvalue weighted by atomic mass is 16.5. The number of rotatable bonds is 2. The van der Waals surface area contributed by atoms with E-state index in [-0.39, 0.29) is 0 Å². The van der Waals surface area contributed by atoms with Crippen molar-refractivity contribution in [3.8, 4) is 11.8 Å². The average molecular weight is 179 g/mol. The largest absolute Gasteiger partial charge is 0.364 e. The third-order valence-corrected chi connectivity index (χ3v) is 3.14. The van der Waals surface area contributed by atoms with Crippen molar-refractivity contribution < 1.29 is 4.74 Å². The van der Waals surface area contributed by atoms with Gasteiger partial charge in [0, 0.05) is 6.54 Å². The van der Waals surface area contributed by atoms with Crippen LogP contribution in [0.2, 0.25) is 0 Å². The van der Waals surface area contributed by atoms with E-state index in [1.165, 1.54) is 25.9 Å². The van der Waals surface area contributed by atoms with Crippen LogP contribution in [-0.2, 0) is 4.74 Å². The zero-order valence-corrected chi connectivity index (χ0v) is 8.25. The zero-order valence-electron chi connectivity index (χ0n) is 8.25. The molecule has 0 aromatic heterocycles. The van der Waals surface area contributed by atoms with Gasteiger partial charge in [0.25, 0.3) is 0 Å². The minimum Gasteiger partial charge on any atom is -0.364 e. The highest BCUT2D eigenvalue weighted by molar-refractivity contribution is 4.96. The maximum atomic E-state index is 5.74. The normalized spacial score (nSPS) is 36.8. The molecule has 0 saturated carbocycles. The summed E-state index contributed by atoms with van der Waals surface area (Å²) in [6, 6.07) is 0. The molecule has 3 rings (SSSR count). The van der Waals surface area contributed by atoms with E-state index in [4.69, 9.17) is 4.74 Å². The lowest BCUT2D eigenvalue weighted by atomic mass is 9.86. The molecule has 3 heterocycles. The topological polar surface area (TPSA) is 12.5 Å². The van der Waals surface area contributed by atoms with Crippen LogP contribution < -0.4 is 0 Å². The second-order valence-electron chi connectivity index (χ2n) is 3.91. The van der Waals surface area contributed by atoms with Crippen molar-refractivity contribution in [3.63, 3.8) is 0 Å². The second kappa shape index (κ2) is 4.13. The van der Waals surface area contributed by atoms with Crippen LogP contribution in [0.1, 0.15) is 19.8 Å². The van der Waals surface area contributed by atoms with Gasteiger partial charge in [0.05, 0.1) is 6.10 Å². The average Bonchev–Trinajstić information content (AvgIpc) is 2.20. The predicted octanol–water partition coefficient (Wildman–Crippen LogP) is 1.12. The summed E-state index contributed by atoms with van der Waals surface area (Å²) in [6.45, 7) is 6.18. The number of fused-ring (bicyclic) bond motifs is 3. The molecule has 3 aliphatic heterocycles. The minimum atomic E-state index is 0.461. The van der Waals surface area contributed by atoms with E-state index in [2.05, 4.69) is 16.7 Å². The molecule has 1 unspecified atom stereocenters. The molecule has 1 atom stereocenters. The molecule has 0 N–H and O–H groups in total. The van der Waals surface area contributed by atoms with Gasteiger partial charge in [-0.25, -0.2) is 0 Å². The van der Waals surface area contributed by atoms with Gasteiger partial charge in [0.2, 0.25) is 0 Å². The van der Waals surface area contributed by atoms with Crippen molar-refractivity contribution in [1.82, 2.24) is 4.90 Å². The Bertz CT molecular complexity index is 220. The Morgan fingerprint density at radius 3 is 2.69 bits per heavy atom. The van der Waals surface area contributed by atoms with Crippen molar-refractivity contribution in [3.05, 3.63) is 0 Å². The monoisotopic (exact) mass is 179 g/mol. The van der Waals surface area contributed by atoms with Gasteiger partial charge >= 0.3 is 0 Å². The Balaban J connectivity index is 1.82. The fourth-order valence-electron chi connectivity index (χ4n) is 2.32. The Morgan fingerprint density at radius 1 is 1.38 bits per heavy atom. The van der Waals surface area contributed by atoms with Crippen LogP contribution in [0.25, 0.3) is 0 Å². The molecule has 0 aromatic carbocycles. The standard InChI is InChI=1S/C11H17NO/c1-2-3-8-13-11-9-12-6-4-10(11)5-7-12/h10-11H,4-9H2,1H3. The first-order valence-electron chi connectivity index (χ1n) is 5.13. The number of hydrogen-bond donors (Lipinski definition) is 0. The van der Waals surface area contributed by atoms with Gasteiger partial charge in [-0.15, -0.1) is 5.92 Å². The molecule has 3 aliphatic rings. The third kappa shape index (κ3) is 2.04. The summed E-state index contributed by atoms with van der Waals surface area (Å²) < 4.78 is 5.74. The van der Waals surface area contributed by atoms with Gasteiger partial charge in [-0.3, -0.25) is 0 Å². The zero-order chi connectivity index (χ0) is 9.10.